The van der Waals surface area contributed by atoms with Gasteiger partial charge in [0.25, 0.3) is 0 Å². The van der Waals surface area contributed by atoms with Gasteiger partial charge in [0.05, 0.1) is 0 Å². The van der Waals surface area contributed by atoms with Crippen molar-refractivity contribution in [2.24, 2.45) is 11.8 Å². The Kier molecular flexibility index (Phi) is 5.78. The zero-order chi connectivity index (χ0) is 15.4. The Labute approximate surface area is 136 Å². The first-order valence-corrected chi connectivity index (χ1v) is 9.79. The van der Waals surface area contributed by atoms with Gasteiger partial charge in [0.15, 0.2) is 0 Å². The highest BCUT2D eigenvalue weighted by Crippen LogP contribution is 2.37. The molecule has 1 saturated heterocycles. The van der Waals surface area contributed by atoms with Crippen LogP contribution in [0.5, 0.6) is 0 Å². The number of nitrogens with one attached hydrogen (secondary N) is 1. The van der Waals surface area contributed by atoms with Gasteiger partial charge in [-0.05, 0) is 82.7 Å². The topological polar surface area (TPSA) is 32.3 Å². The third-order valence-corrected chi connectivity index (χ3v) is 6.24. The summed E-state index contributed by atoms with van der Waals surface area (Å²) in [6.07, 6.45) is 13.5. The zero-order valence-corrected chi connectivity index (χ0v) is 14.4. The van der Waals surface area contributed by atoms with Crippen LogP contribution in [0.25, 0.3) is 0 Å². The molecule has 0 unspecified atom stereocenters. The first-order valence-electron chi connectivity index (χ1n) is 9.79. The van der Waals surface area contributed by atoms with E-state index in [9.17, 15) is 4.79 Å². The highest BCUT2D eigenvalue weighted by molar-refractivity contribution is 5.77. The second-order valence-electron chi connectivity index (χ2n) is 7.85. The number of carbonyl (C=O) groups is 1. The lowest BCUT2D eigenvalue weighted by Gasteiger charge is -2.37. The number of amides is 1. The lowest BCUT2D eigenvalue weighted by atomic mass is 9.83. The summed E-state index contributed by atoms with van der Waals surface area (Å²) in [5.41, 5.74) is 0. The molecule has 3 rings (SSSR count). The van der Waals surface area contributed by atoms with Gasteiger partial charge in [0, 0.05) is 18.5 Å². The van der Waals surface area contributed by atoms with Crippen molar-refractivity contribution in [2.75, 3.05) is 13.1 Å². The van der Waals surface area contributed by atoms with Gasteiger partial charge in [-0.3, -0.25) is 4.79 Å². The Morgan fingerprint density at radius 1 is 0.909 bits per heavy atom. The maximum absolute atomic E-state index is 12.8. The molecule has 1 N–H and O–H groups in total. The van der Waals surface area contributed by atoms with E-state index in [1.807, 2.05) is 0 Å². The van der Waals surface area contributed by atoms with Crippen LogP contribution in [0.3, 0.4) is 0 Å². The summed E-state index contributed by atoms with van der Waals surface area (Å²) in [6, 6.07) is 1.17. The van der Waals surface area contributed by atoms with Crippen LogP contribution >= 0.6 is 0 Å². The summed E-state index contributed by atoms with van der Waals surface area (Å²) in [5.74, 6) is 2.17. The molecule has 0 atom stereocenters. The average molecular weight is 306 g/mol. The van der Waals surface area contributed by atoms with Gasteiger partial charge < -0.3 is 10.2 Å². The first kappa shape index (κ1) is 16.3. The molecular formula is C19H34N2O. The van der Waals surface area contributed by atoms with E-state index >= 15 is 0 Å². The van der Waals surface area contributed by atoms with Crippen LogP contribution in [0, 0.1) is 11.8 Å². The summed E-state index contributed by atoms with van der Waals surface area (Å²) in [6.45, 7) is 4.60. The molecule has 126 valence electrons. The fourth-order valence-electron chi connectivity index (χ4n) is 4.52. The minimum atomic E-state index is 0.473. The molecule has 22 heavy (non-hydrogen) atoms. The average Bonchev–Trinajstić information content (AvgIpc) is 3.40. The molecule has 3 fully saturated rings. The Hall–Kier alpha value is -0.570. The third kappa shape index (κ3) is 4.24. The summed E-state index contributed by atoms with van der Waals surface area (Å²) in [7, 11) is 0. The van der Waals surface area contributed by atoms with Crippen molar-refractivity contribution in [1.29, 1.82) is 0 Å². The molecule has 0 spiro atoms. The molecule has 1 aliphatic heterocycles. The van der Waals surface area contributed by atoms with Crippen molar-refractivity contribution < 1.29 is 4.79 Å². The van der Waals surface area contributed by atoms with Crippen molar-refractivity contribution in [3.63, 3.8) is 0 Å². The Bertz CT molecular complexity index is 352. The smallest absolute Gasteiger partial charge is 0.223 e. The highest BCUT2D eigenvalue weighted by Gasteiger charge is 2.38. The summed E-state index contributed by atoms with van der Waals surface area (Å²) in [5, 5.41) is 3.42. The maximum atomic E-state index is 12.8. The largest absolute Gasteiger partial charge is 0.337 e. The summed E-state index contributed by atoms with van der Waals surface area (Å²) < 4.78 is 0. The Morgan fingerprint density at radius 3 is 2.05 bits per heavy atom. The predicted molar refractivity (Wildman–Crippen MR) is 90.7 cm³/mol. The molecular weight excluding hydrogens is 272 g/mol. The molecule has 2 saturated carbocycles. The first-order chi connectivity index (χ1) is 10.8. The van der Waals surface area contributed by atoms with E-state index in [1.54, 1.807) is 0 Å². The van der Waals surface area contributed by atoms with E-state index in [2.05, 4.69) is 17.1 Å². The quantitative estimate of drug-likeness (QED) is 0.811. The van der Waals surface area contributed by atoms with Gasteiger partial charge in [-0.15, -0.1) is 0 Å². The number of carbonyl (C=O) groups excluding carboxylic acids is 1. The molecule has 2 aliphatic carbocycles. The standard InChI is InChI=1S/C19H34N2O/c1-2-15-3-6-17(7-4-15)21(18-8-9-18)19(22)10-5-16-11-13-20-14-12-16/h15-18,20H,2-14H2,1H3. The fourth-order valence-corrected chi connectivity index (χ4v) is 4.52. The lowest BCUT2D eigenvalue weighted by Crippen LogP contribution is -2.44. The number of hydrogen-bond acceptors (Lipinski definition) is 2. The van der Waals surface area contributed by atoms with Gasteiger partial charge in [0.1, 0.15) is 0 Å². The van der Waals surface area contributed by atoms with Gasteiger partial charge in [0.2, 0.25) is 5.91 Å². The Balaban J connectivity index is 1.49. The molecule has 3 aliphatic rings. The minimum Gasteiger partial charge on any atom is -0.337 e. The molecule has 0 bridgehead atoms. The van der Waals surface area contributed by atoms with E-state index in [4.69, 9.17) is 0 Å². The number of hydrogen-bond donors (Lipinski definition) is 1. The van der Waals surface area contributed by atoms with E-state index < -0.39 is 0 Å². The van der Waals surface area contributed by atoms with Crippen LogP contribution in [-0.4, -0.2) is 36.0 Å². The van der Waals surface area contributed by atoms with Crippen LogP contribution in [0.1, 0.15) is 77.6 Å². The normalized spacial score (nSPS) is 30.2. The summed E-state index contributed by atoms with van der Waals surface area (Å²) >= 11 is 0. The molecule has 3 nitrogen and oxygen atoms in total. The van der Waals surface area contributed by atoms with Crippen LogP contribution in [0.4, 0.5) is 0 Å². The van der Waals surface area contributed by atoms with Crippen molar-refractivity contribution in [2.45, 2.75) is 89.6 Å². The molecule has 0 aromatic carbocycles. The van der Waals surface area contributed by atoms with Gasteiger partial charge in [-0.2, -0.15) is 0 Å². The highest BCUT2D eigenvalue weighted by atomic mass is 16.2. The SMILES string of the molecule is CCC1CCC(N(C(=O)CCC2CCNCC2)C2CC2)CC1. The lowest BCUT2D eigenvalue weighted by molar-refractivity contribution is -0.135. The summed E-state index contributed by atoms with van der Waals surface area (Å²) in [4.78, 5) is 15.2. The predicted octanol–water partition coefficient (Wildman–Crippen LogP) is 3.73. The molecule has 1 amide bonds. The van der Waals surface area contributed by atoms with Gasteiger partial charge in [-0.25, -0.2) is 0 Å². The fraction of sp³-hybridized carbons (Fsp3) is 0.947. The molecule has 0 radical (unpaired) electrons. The van der Waals surface area contributed by atoms with Gasteiger partial charge in [-0.1, -0.05) is 13.3 Å². The molecule has 1 heterocycles. The monoisotopic (exact) mass is 306 g/mol. The number of rotatable bonds is 6. The van der Waals surface area contributed by atoms with Crippen LogP contribution in [0.15, 0.2) is 0 Å². The molecule has 0 aromatic rings. The minimum absolute atomic E-state index is 0.473. The maximum Gasteiger partial charge on any atom is 0.223 e. The van der Waals surface area contributed by atoms with Crippen LogP contribution < -0.4 is 5.32 Å². The molecule has 3 heteroatoms. The van der Waals surface area contributed by atoms with E-state index in [0.717, 1.165) is 37.8 Å². The second-order valence-corrected chi connectivity index (χ2v) is 7.85. The van der Waals surface area contributed by atoms with E-state index in [-0.39, 0.29) is 0 Å². The Morgan fingerprint density at radius 2 is 1.50 bits per heavy atom. The zero-order valence-electron chi connectivity index (χ0n) is 14.4. The van der Waals surface area contributed by atoms with Crippen molar-refractivity contribution >= 4 is 5.91 Å². The van der Waals surface area contributed by atoms with Gasteiger partial charge >= 0.3 is 0 Å². The van der Waals surface area contributed by atoms with Crippen LogP contribution in [0.2, 0.25) is 0 Å². The van der Waals surface area contributed by atoms with Crippen molar-refractivity contribution in [1.82, 2.24) is 10.2 Å². The third-order valence-electron chi connectivity index (χ3n) is 6.24. The van der Waals surface area contributed by atoms with E-state index in [0.29, 0.717) is 18.0 Å². The van der Waals surface area contributed by atoms with Crippen molar-refractivity contribution in [3.05, 3.63) is 0 Å². The second kappa shape index (κ2) is 7.81. The van der Waals surface area contributed by atoms with Crippen LogP contribution in [-0.2, 0) is 4.79 Å². The van der Waals surface area contributed by atoms with Crippen molar-refractivity contribution in [3.8, 4) is 0 Å². The number of nitrogens with zero attached hydrogens (tertiary/aromatic N) is 1. The number of piperidine rings is 1. The van der Waals surface area contributed by atoms with E-state index in [1.165, 1.54) is 57.8 Å². The molecule has 0 aromatic heterocycles.